The largest absolute Gasteiger partial charge is 0.480 e. The van der Waals surface area contributed by atoms with Gasteiger partial charge in [-0.2, -0.15) is 0 Å². The van der Waals surface area contributed by atoms with Crippen molar-refractivity contribution in [1.29, 1.82) is 0 Å². The van der Waals surface area contributed by atoms with Gasteiger partial charge >= 0.3 is 5.97 Å². The Bertz CT molecular complexity index is 463. The maximum absolute atomic E-state index is 13.2. The first kappa shape index (κ1) is 13.3. The molecule has 1 aliphatic heterocycles. The van der Waals surface area contributed by atoms with Crippen LogP contribution in [-0.2, 0) is 11.3 Å². The summed E-state index contributed by atoms with van der Waals surface area (Å²) >= 11 is 5.76. The van der Waals surface area contributed by atoms with Crippen molar-refractivity contribution in [3.63, 3.8) is 0 Å². The Morgan fingerprint density at radius 1 is 1.56 bits per heavy atom. The predicted octanol–water partition coefficient (Wildman–Crippen LogP) is 1.47. The molecule has 6 heteroatoms. The molecular weight excluding hydrogens is 259 g/mol. The lowest BCUT2D eigenvalue weighted by atomic mass is 10.0. The number of carbonyl (C=O) groups is 1. The van der Waals surface area contributed by atoms with E-state index in [1.807, 2.05) is 4.90 Å². The first-order valence-corrected chi connectivity index (χ1v) is 5.96. The maximum Gasteiger partial charge on any atom is 0.325 e. The van der Waals surface area contributed by atoms with Crippen molar-refractivity contribution < 1.29 is 14.3 Å². The molecule has 1 atom stereocenters. The number of rotatable bonds is 3. The Morgan fingerprint density at radius 2 is 2.28 bits per heavy atom. The van der Waals surface area contributed by atoms with Gasteiger partial charge in [-0.25, -0.2) is 4.39 Å². The quantitative estimate of drug-likeness (QED) is 0.874. The molecule has 0 radical (unpaired) electrons. The molecule has 1 aliphatic rings. The number of carboxylic acids is 1. The number of aliphatic carboxylic acids is 1. The van der Waals surface area contributed by atoms with Crippen molar-refractivity contribution in [2.24, 2.45) is 5.73 Å². The lowest BCUT2D eigenvalue weighted by Gasteiger charge is -2.20. The number of benzene rings is 1. The topological polar surface area (TPSA) is 66.6 Å². The van der Waals surface area contributed by atoms with Gasteiger partial charge in [-0.3, -0.25) is 9.69 Å². The summed E-state index contributed by atoms with van der Waals surface area (Å²) < 4.78 is 13.2. The van der Waals surface area contributed by atoms with E-state index in [4.69, 9.17) is 22.4 Å². The van der Waals surface area contributed by atoms with Crippen molar-refractivity contribution in [1.82, 2.24) is 4.90 Å². The minimum Gasteiger partial charge on any atom is -0.480 e. The number of nitrogens with two attached hydrogens (primary N) is 1. The van der Waals surface area contributed by atoms with Gasteiger partial charge in [0.1, 0.15) is 11.4 Å². The first-order chi connectivity index (χ1) is 8.39. The highest BCUT2D eigenvalue weighted by Gasteiger charge is 2.41. The fourth-order valence-corrected chi connectivity index (χ4v) is 2.43. The Labute approximate surface area is 109 Å². The van der Waals surface area contributed by atoms with Crippen LogP contribution >= 0.6 is 11.6 Å². The molecule has 0 bridgehead atoms. The van der Waals surface area contributed by atoms with E-state index in [1.54, 1.807) is 6.07 Å². The highest BCUT2D eigenvalue weighted by atomic mass is 35.5. The Kier molecular flexibility index (Phi) is 3.56. The SMILES string of the molecule is NC1(C(=O)O)CCN(Cc2cc(F)cc(Cl)c2)C1. The van der Waals surface area contributed by atoms with Gasteiger partial charge in [0.25, 0.3) is 0 Å². The molecular formula is C12H14ClFN2O2. The molecule has 1 saturated heterocycles. The van der Waals surface area contributed by atoms with E-state index in [1.165, 1.54) is 12.1 Å². The molecule has 0 saturated carbocycles. The smallest absolute Gasteiger partial charge is 0.325 e. The van der Waals surface area contributed by atoms with Gasteiger partial charge in [0.05, 0.1) is 0 Å². The second kappa shape index (κ2) is 4.84. The Balaban J connectivity index is 2.06. The first-order valence-electron chi connectivity index (χ1n) is 5.59. The lowest BCUT2D eigenvalue weighted by Crippen LogP contribution is -2.50. The van der Waals surface area contributed by atoms with Crippen molar-refractivity contribution in [2.75, 3.05) is 13.1 Å². The van der Waals surface area contributed by atoms with E-state index in [0.29, 0.717) is 24.5 Å². The molecule has 3 N–H and O–H groups in total. The molecule has 0 aromatic heterocycles. The van der Waals surface area contributed by atoms with Crippen molar-refractivity contribution in [2.45, 2.75) is 18.5 Å². The number of nitrogens with zero attached hydrogens (tertiary/aromatic N) is 1. The van der Waals surface area contributed by atoms with Crippen molar-refractivity contribution in [3.05, 3.63) is 34.6 Å². The van der Waals surface area contributed by atoms with Gasteiger partial charge < -0.3 is 10.8 Å². The van der Waals surface area contributed by atoms with Gasteiger partial charge in [0, 0.05) is 24.7 Å². The third kappa shape index (κ3) is 2.80. The van der Waals surface area contributed by atoms with Gasteiger partial charge in [0.2, 0.25) is 0 Å². The van der Waals surface area contributed by atoms with Gasteiger partial charge in [0.15, 0.2) is 0 Å². The molecule has 0 amide bonds. The van der Waals surface area contributed by atoms with Crippen LogP contribution < -0.4 is 5.73 Å². The number of hydrogen-bond acceptors (Lipinski definition) is 3. The molecule has 0 aliphatic carbocycles. The number of hydrogen-bond donors (Lipinski definition) is 2. The van der Waals surface area contributed by atoms with Crippen LogP contribution in [0.2, 0.25) is 5.02 Å². The normalized spacial score (nSPS) is 24.4. The molecule has 0 spiro atoms. The van der Waals surface area contributed by atoms with Gasteiger partial charge in [-0.15, -0.1) is 0 Å². The predicted molar refractivity (Wildman–Crippen MR) is 65.9 cm³/mol. The summed E-state index contributed by atoms with van der Waals surface area (Å²) in [5.74, 6) is -1.39. The highest BCUT2D eigenvalue weighted by molar-refractivity contribution is 6.30. The van der Waals surface area contributed by atoms with E-state index >= 15 is 0 Å². The summed E-state index contributed by atoms with van der Waals surface area (Å²) in [6.45, 7) is 1.29. The van der Waals surface area contributed by atoms with Crippen LogP contribution in [0.15, 0.2) is 18.2 Å². The zero-order valence-corrected chi connectivity index (χ0v) is 10.5. The van der Waals surface area contributed by atoms with E-state index in [-0.39, 0.29) is 6.54 Å². The molecule has 1 heterocycles. The average molecular weight is 273 g/mol. The highest BCUT2D eigenvalue weighted by Crippen LogP contribution is 2.22. The summed E-state index contributed by atoms with van der Waals surface area (Å²) in [6, 6.07) is 4.30. The fraction of sp³-hybridized carbons (Fsp3) is 0.417. The zero-order valence-electron chi connectivity index (χ0n) is 9.70. The third-order valence-electron chi connectivity index (χ3n) is 3.13. The maximum atomic E-state index is 13.2. The van der Waals surface area contributed by atoms with E-state index in [9.17, 15) is 9.18 Å². The molecule has 98 valence electrons. The van der Waals surface area contributed by atoms with E-state index < -0.39 is 17.3 Å². The fourth-order valence-electron chi connectivity index (χ4n) is 2.18. The van der Waals surface area contributed by atoms with Crippen LogP contribution in [0.4, 0.5) is 4.39 Å². The molecule has 1 aromatic carbocycles. The number of carboxylic acid groups (broad SMARTS) is 1. The van der Waals surface area contributed by atoms with Crippen molar-refractivity contribution in [3.8, 4) is 0 Å². The molecule has 18 heavy (non-hydrogen) atoms. The molecule has 1 fully saturated rings. The zero-order chi connectivity index (χ0) is 13.3. The summed E-state index contributed by atoms with van der Waals surface area (Å²) in [6.07, 6.45) is 0.394. The molecule has 2 rings (SSSR count). The third-order valence-corrected chi connectivity index (χ3v) is 3.35. The van der Waals surface area contributed by atoms with Crippen LogP contribution in [0.5, 0.6) is 0 Å². The van der Waals surface area contributed by atoms with Crippen LogP contribution in [-0.4, -0.2) is 34.6 Å². The molecule has 4 nitrogen and oxygen atoms in total. The van der Waals surface area contributed by atoms with Crippen LogP contribution in [0.3, 0.4) is 0 Å². The minimum atomic E-state index is -1.20. The molecule has 1 aromatic rings. The van der Waals surface area contributed by atoms with Gasteiger partial charge in [-0.1, -0.05) is 11.6 Å². The monoisotopic (exact) mass is 272 g/mol. The average Bonchev–Trinajstić information content (AvgIpc) is 2.60. The second-order valence-electron chi connectivity index (χ2n) is 4.70. The number of likely N-dealkylation sites (tertiary alicyclic amines) is 1. The summed E-state index contributed by atoms with van der Waals surface area (Å²) in [5.41, 5.74) is 5.28. The van der Waals surface area contributed by atoms with Crippen LogP contribution in [0, 0.1) is 5.82 Å². The van der Waals surface area contributed by atoms with Crippen LogP contribution in [0.1, 0.15) is 12.0 Å². The summed E-state index contributed by atoms with van der Waals surface area (Å²) in [4.78, 5) is 12.9. The van der Waals surface area contributed by atoms with E-state index in [2.05, 4.69) is 0 Å². The lowest BCUT2D eigenvalue weighted by molar-refractivity contribution is -0.142. The summed E-state index contributed by atoms with van der Waals surface area (Å²) in [5, 5.41) is 9.35. The standard InChI is InChI=1S/C12H14ClFN2O2/c13-9-3-8(4-10(14)5-9)6-16-2-1-12(15,7-16)11(17)18/h3-5H,1-2,6-7,15H2,(H,17,18). The number of halogens is 2. The molecule has 1 unspecified atom stereocenters. The minimum absolute atomic E-state index is 0.260. The van der Waals surface area contributed by atoms with Gasteiger partial charge in [-0.05, 0) is 30.2 Å². The summed E-state index contributed by atoms with van der Waals surface area (Å²) in [7, 11) is 0. The Morgan fingerprint density at radius 3 is 2.83 bits per heavy atom. The van der Waals surface area contributed by atoms with E-state index in [0.717, 1.165) is 5.56 Å². The second-order valence-corrected chi connectivity index (χ2v) is 5.14. The van der Waals surface area contributed by atoms with Crippen molar-refractivity contribution >= 4 is 17.6 Å². The Hall–Kier alpha value is -1.17. The van der Waals surface area contributed by atoms with Crippen LogP contribution in [0.25, 0.3) is 0 Å².